The molecule has 0 aliphatic carbocycles. The monoisotopic (exact) mass is 365 g/mol. The maximum atomic E-state index is 13.4. The van der Waals surface area contributed by atoms with Gasteiger partial charge in [-0.05, 0) is 28.1 Å². The first-order valence-electron chi connectivity index (χ1n) is 5.53. The molecule has 0 aromatic heterocycles. The number of benzene rings is 2. The van der Waals surface area contributed by atoms with Crippen LogP contribution in [-0.2, 0) is 0 Å². The third-order valence-corrected chi connectivity index (χ3v) is 3.04. The number of anilines is 1. The van der Waals surface area contributed by atoms with Gasteiger partial charge in [0.2, 0.25) is 0 Å². The molecule has 2 aromatic carbocycles. The molecule has 0 unspecified atom stereocenters. The van der Waals surface area contributed by atoms with Crippen molar-refractivity contribution < 1.29 is 27.0 Å². The van der Waals surface area contributed by atoms with Crippen LogP contribution in [0.1, 0.15) is 0 Å². The second-order valence-corrected chi connectivity index (χ2v) is 4.73. The van der Waals surface area contributed by atoms with Gasteiger partial charge in [0.25, 0.3) is 0 Å². The van der Waals surface area contributed by atoms with Crippen molar-refractivity contribution in [1.29, 1.82) is 0 Å². The van der Waals surface area contributed by atoms with Crippen molar-refractivity contribution >= 4 is 21.6 Å². The molecule has 0 amide bonds. The Morgan fingerprint density at radius 1 is 1.00 bits per heavy atom. The topological polar surface area (TPSA) is 44.5 Å². The maximum Gasteiger partial charge on any atom is 0.387 e. The summed E-state index contributed by atoms with van der Waals surface area (Å²) in [4.78, 5) is 0. The molecule has 0 saturated heterocycles. The quantitative estimate of drug-likeness (QED) is 0.630. The highest BCUT2D eigenvalue weighted by Gasteiger charge is 2.15. The molecular formula is C13H8BrF4NO2. The van der Waals surface area contributed by atoms with Crippen LogP contribution in [0, 0.1) is 11.6 Å². The van der Waals surface area contributed by atoms with Crippen LogP contribution in [0.5, 0.6) is 17.2 Å². The number of alkyl halides is 2. The molecule has 0 aliphatic rings. The largest absolute Gasteiger partial charge is 0.455 e. The molecule has 0 fully saturated rings. The van der Waals surface area contributed by atoms with Gasteiger partial charge in [0.1, 0.15) is 11.6 Å². The fourth-order valence-electron chi connectivity index (χ4n) is 1.49. The molecule has 112 valence electrons. The van der Waals surface area contributed by atoms with E-state index < -0.39 is 24.0 Å². The Kier molecular flexibility index (Phi) is 4.56. The average molecular weight is 366 g/mol. The lowest BCUT2D eigenvalue weighted by molar-refractivity contribution is -0.0522. The summed E-state index contributed by atoms with van der Waals surface area (Å²) in [5, 5.41) is 0. The lowest BCUT2D eigenvalue weighted by atomic mass is 10.2. The molecular weight excluding hydrogens is 358 g/mol. The SMILES string of the molecule is Nc1cc(F)c(OC(F)F)cc1Oc1ccc(Br)c(F)c1. The molecule has 0 saturated carbocycles. The van der Waals surface area contributed by atoms with E-state index >= 15 is 0 Å². The summed E-state index contributed by atoms with van der Waals surface area (Å²) in [6.07, 6.45) is 0. The molecule has 2 rings (SSSR count). The fourth-order valence-corrected chi connectivity index (χ4v) is 1.74. The molecule has 0 bridgehead atoms. The number of rotatable bonds is 4. The van der Waals surface area contributed by atoms with Gasteiger partial charge in [-0.25, -0.2) is 8.78 Å². The summed E-state index contributed by atoms with van der Waals surface area (Å²) in [6.45, 7) is -3.19. The van der Waals surface area contributed by atoms with E-state index in [0.29, 0.717) is 0 Å². The highest BCUT2D eigenvalue weighted by molar-refractivity contribution is 9.10. The minimum absolute atomic E-state index is 0.0667. The molecule has 3 nitrogen and oxygen atoms in total. The van der Waals surface area contributed by atoms with E-state index in [4.69, 9.17) is 10.5 Å². The van der Waals surface area contributed by atoms with Crippen LogP contribution in [0.15, 0.2) is 34.8 Å². The van der Waals surface area contributed by atoms with Gasteiger partial charge < -0.3 is 15.2 Å². The Morgan fingerprint density at radius 2 is 1.71 bits per heavy atom. The second-order valence-electron chi connectivity index (χ2n) is 3.88. The first-order chi connectivity index (χ1) is 9.86. The van der Waals surface area contributed by atoms with E-state index in [1.807, 2.05) is 0 Å². The number of hydrogen-bond donors (Lipinski definition) is 1. The number of halogens is 5. The van der Waals surface area contributed by atoms with Gasteiger partial charge >= 0.3 is 6.61 Å². The van der Waals surface area contributed by atoms with Gasteiger partial charge in [0.15, 0.2) is 17.3 Å². The number of ether oxygens (including phenoxy) is 2. The fraction of sp³-hybridized carbons (Fsp3) is 0.0769. The van der Waals surface area contributed by atoms with Crippen LogP contribution in [0.25, 0.3) is 0 Å². The van der Waals surface area contributed by atoms with Gasteiger partial charge in [-0.15, -0.1) is 0 Å². The third kappa shape index (κ3) is 3.78. The Hall–Kier alpha value is -1.96. The molecule has 2 N–H and O–H groups in total. The molecule has 0 heterocycles. The zero-order chi connectivity index (χ0) is 15.6. The summed E-state index contributed by atoms with van der Waals surface area (Å²) in [6, 6.07) is 5.52. The number of hydrogen-bond acceptors (Lipinski definition) is 3. The lowest BCUT2D eigenvalue weighted by Gasteiger charge is -2.12. The van der Waals surface area contributed by atoms with Crippen molar-refractivity contribution in [1.82, 2.24) is 0 Å². The van der Waals surface area contributed by atoms with Crippen LogP contribution in [0.2, 0.25) is 0 Å². The lowest BCUT2D eigenvalue weighted by Crippen LogP contribution is -2.05. The second kappa shape index (κ2) is 6.21. The van der Waals surface area contributed by atoms with E-state index in [0.717, 1.165) is 18.2 Å². The standard InChI is InChI=1S/C13H8BrF4NO2/c14-7-2-1-6(3-8(7)15)20-12-5-11(21-13(17)18)9(16)4-10(12)19/h1-5,13H,19H2. The predicted octanol–water partition coefficient (Wildman–Crippen LogP) is 4.70. The van der Waals surface area contributed by atoms with Crippen molar-refractivity contribution in [2.45, 2.75) is 6.61 Å². The van der Waals surface area contributed by atoms with Crippen LogP contribution < -0.4 is 15.2 Å². The Bertz CT molecular complexity index is 667. The molecule has 0 radical (unpaired) electrons. The molecule has 8 heteroatoms. The van der Waals surface area contributed by atoms with E-state index in [2.05, 4.69) is 20.7 Å². The average Bonchev–Trinajstić information content (AvgIpc) is 2.39. The van der Waals surface area contributed by atoms with Gasteiger partial charge in [-0.3, -0.25) is 0 Å². The van der Waals surface area contributed by atoms with Crippen LogP contribution in [0.3, 0.4) is 0 Å². The van der Waals surface area contributed by atoms with E-state index in [9.17, 15) is 17.6 Å². The van der Waals surface area contributed by atoms with Gasteiger partial charge in [-0.1, -0.05) is 0 Å². The van der Waals surface area contributed by atoms with Gasteiger partial charge in [0, 0.05) is 18.2 Å². The highest BCUT2D eigenvalue weighted by Crippen LogP contribution is 2.34. The molecule has 0 atom stereocenters. The zero-order valence-corrected chi connectivity index (χ0v) is 11.8. The smallest absolute Gasteiger partial charge is 0.387 e. The minimum atomic E-state index is -3.19. The summed E-state index contributed by atoms with van der Waals surface area (Å²) in [5.74, 6) is -2.42. The number of nitrogens with two attached hydrogens (primary N) is 1. The van der Waals surface area contributed by atoms with E-state index in [-0.39, 0.29) is 21.7 Å². The molecule has 0 spiro atoms. The van der Waals surface area contributed by atoms with Crippen LogP contribution >= 0.6 is 15.9 Å². The Labute approximate surface area is 125 Å². The van der Waals surface area contributed by atoms with Crippen molar-refractivity contribution in [3.8, 4) is 17.2 Å². The normalized spacial score (nSPS) is 10.8. The van der Waals surface area contributed by atoms with Crippen LogP contribution in [0.4, 0.5) is 23.2 Å². The summed E-state index contributed by atoms with van der Waals surface area (Å²) in [5.41, 5.74) is 5.38. The van der Waals surface area contributed by atoms with Crippen molar-refractivity contribution in [2.24, 2.45) is 0 Å². The zero-order valence-electron chi connectivity index (χ0n) is 10.2. The first-order valence-corrected chi connectivity index (χ1v) is 6.33. The minimum Gasteiger partial charge on any atom is -0.455 e. The van der Waals surface area contributed by atoms with E-state index in [1.165, 1.54) is 12.1 Å². The third-order valence-electron chi connectivity index (χ3n) is 2.40. The first kappa shape index (κ1) is 15.4. The van der Waals surface area contributed by atoms with Crippen LogP contribution in [-0.4, -0.2) is 6.61 Å². The molecule has 0 aliphatic heterocycles. The summed E-state index contributed by atoms with van der Waals surface area (Å²) >= 11 is 2.97. The highest BCUT2D eigenvalue weighted by atomic mass is 79.9. The summed E-state index contributed by atoms with van der Waals surface area (Å²) in [7, 11) is 0. The van der Waals surface area contributed by atoms with Gasteiger partial charge in [-0.2, -0.15) is 8.78 Å². The van der Waals surface area contributed by atoms with Crippen molar-refractivity contribution in [3.05, 3.63) is 46.4 Å². The maximum absolute atomic E-state index is 13.4. The van der Waals surface area contributed by atoms with Crippen molar-refractivity contribution in [3.63, 3.8) is 0 Å². The Morgan fingerprint density at radius 3 is 2.33 bits per heavy atom. The number of nitrogen functional groups attached to an aromatic ring is 1. The molecule has 2 aromatic rings. The molecule has 21 heavy (non-hydrogen) atoms. The Balaban J connectivity index is 2.32. The van der Waals surface area contributed by atoms with E-state index in [1.54, 1.807) is 0 Å². The predicted molar refractivity (Wildman–Crippen MR) is 71.6 cm³/mol. The van der Waals surface area contributed by atoms with Gasteiger partial charge in [0.05, 0.1) is 10.2 Å². The summed E-state index contributed by atoms with van der Waals surface area (Å²) < 4.78 is 60.5. The van der Waals surface area contributed by atoms with Crippen molar-refractivity contribution in [2.75, 3.05) is 5.73 Å².